The van der Waals surface area contributed by atoms with Crippen LogP contribution in [0.1, 0.15) is 20.3 Å². The SMILES string of the molecule is [2H]C([2H])([2H])NC(=O)c1nnc(Nc2ccc(C)nn2)cc1Nc1cccc(-c2cn(CCN3CCOCC3)nn2)c1OC. The number of ether oxygens (including phenoxy) is 2. The average Bonchev–Trinajstić information content (AvgIpc) is 3.46. The van der Waals surface area contributed by atoms with Crippen molar-refractivity contribution in [3.05, 3.63) is 54.0 Å². The summed E-state index contributed by atoms with van der Waals surface area (Å²) in [4.78, 5) is 15.2. The Labute approximate surface area is 235 Å². The number of hydrogen-bond donors (Lipinski definition) is 3. The Morgan fingerprint density at radius 3 is 2.65 bits per heavy atom. The molecule has 0 bridgehead atoms. The fourth-order valence-electron chi connectivity index (χ4n) is 4.17. The summed E-state index contributed by atoms with van der Waals surface area (Å²) in [5.41, 5.74) is 2.40. The maximum atomic E-state index is 12.9. The third kappa shape index (κ3) is 6.30. The van der Waals surface area contributed by atoms with Gasteiger partial charge in [0.05, 0.1) is 50.1 Å². The Kier molecular flexibility index (Phi) is 7.22. The number of para-hydroxylation sites is 1. The minimum atomic E-state index is -2.73. The Hall–Kier alpha value is -4.69. The lowest BCUT2D eigenvalue weighted by molar-refractivity contribution is 0.0359. The minimum Gasteiger partial charge on any atom is -0.494 e. The zero-order chi connectivity index (χ0) is 30.4. The van der Waals surface area contributed by atoms with Crippen LogP contribution in [0.15, 0.2) is 42.6 Å². The largest absolute Gasteiger partial charge is 0.494 e. The van der Waals surface area contributed by atoms with Crippen molar-refractivity contribution >= 4 is 28.9 Å². The summed E-state index contributed by atoms with van der Waals surface area (Å²) in [6.07, 6.45) is 1.84. The first-order valence-corrected chi connectivity index (χ1v) is 12.6. The number of nitrogens with one attached hydrogen (secondary N) is 3. The molecule has 5 rings (SSSR count). The Balaban J connectivity index is 1.42. The van der Waals surface area contributed by atoms with E-state index in [0.29, 0.717) is 35.1 Å². The fourth-order valence-corrected chi connectivity index (χ4v) is 4.17. The second-order valence-electron chi connectivity index (χ2n) is 8.96. The molecule has 14 nitrogen and oxygen atoms in total. The van der Waals surface area contributed by atoms with E-state index in [1.807, 2.05) is 24.5 Å². The molecule has 3 aromatic heterocycles. The highest BCUT2D eigenvalue weighted by Gasteiger charge is 2.19. The van der Waals surface area contributed by atoms with Crippen LogP contribution in [0.25, 0.3) is 11.3 Å². The maximum absolute atomic E-state index is 12.9. The number of nitrogens with zero attached hydrogens (tertiary/aromatic N) is 8. The van der Waals surface area contributed by atoms with E-state index in [0.717, 1.165) is 38.5 Å². The van der Waals surface area contributed by atoms with Gasteiger partial charge in [-0.2, -0.15) is 5.10 Å². The number of carbonyl (C=O) groups excluding carboxylic acids is 1. The molecule has 0 radical (unpaired) electrons. The lowest BCUT2D eigenvalue weighted by Crippen LogP contribution is -2.38. The predicted molar refractivity (Wildman–Crippen MR) is 148 cm³/mol. The van der Waals surface area contributed by atoms with Gasteiger partial charge in [0.1, 0.15) is 5.69 Å². The van der Waals surface area contributed by atoms with Gasteiger partial charge in [0.2, 0.25) is 0 Å². The molecule has 1 fully saturated rings. The van der Waals surface area contributed by atoms with Crippen LogP contribution in [0.2, 0.25) is 0 Å². The standard InChI is InChI=1S/C26H31N11O3/c1-17-7-8-22(32-30-17)29-23-15-20(24(34-33-23)26(38)27-2)28-19-6-4-5-18(25(19)39-3)21-16-37(35-31-21)10-9-36-11-13-40-14-12-36/h4-8,15-16H,9-14H2,1-3H3,(H,27,38)(H2,28,29,32,33)/i2D3. The summed E-state index contributed by atoms with van der Waals surface area (Å²) in [7, 11) is 1.52. The molecule has 0 unspecified atom stereocenters. The third-order valence-corrected chi connectivity index (χ3v) is 6.23. The average molecular weight is 549 g/mol. The first-order valence-electron chi connectivity index (χ1n) is 14.1. The van der Waals surface area contributed by atoms with Crippen molar-refractivity contribution in [3.8, 4) is 17.0 Å². The smallest absolute Gasteiger partial charge is 0.273 e. The quantitative estimate of drug-likeness (QED) is 0.265. The number of aromatic nitrogens is 7. The van der Waals surface area contributed by atoms with Crippen molar-refractivity contribution in [1.82, 2.24) is 45.6 Å². The highest BCUT2D eigenvalue weighted by Crippen LogP contribution is 2.37. The van der Waals surface area contributed by atoms with Crippen molar-refractivity contribution in [2.75, 3.05) is 57.6 Å². The summed E-state index contributed by atoms with van der Waals surface area (Å²) in [5.74, 6) is 0.141. The van der Waals surface area contributed by atoms with Crippen molar-refractivity contribution in [3.63, 3.8) is 0 Å². The van der Waals surface area contributed by atoms with Gasteiger partial charge in [-0.15, -0.1) is 20.4 Å². The lowest BCUT2D eigenvalue weighted by atomic mass is 10.1. The second kappa shape index (κ2) is 12.4. The maximum Gasteiger partial charge on any atom is 0.273 e. The Morgan fingerprint density at radius 1 is 1.02 bits per heavy atom. The summed E-state index contributed by atoms with van der Waals surface area (Å²) < 4.78 is 35.3. The number of carbonyl (C=O) groups is 1. The van der Waals surface area contributed by atoms with E-state index in [9.17, 15) is 4.79 Å². The molecule has 1 aliphatic rings. The van der Waals surface area contributed by atoms with Gasteiger partial charge in [0.15, 0.2) is 23.1 Å². The van der Waals surface area contributed by atoms with Crippen LogP contribution in [0.5, 0.6) is 5.75 Å². The summed E-state index contributed by atoms with van der Waals surface area (Å²) >= 11 is 0. The molecule has 1 saturated heterocycles. The zero-order valence-electron chi connectivity index (χ0n) is 25.1. The molecule has 0 atom stereocenters. The van der Waals surface area contributed by atoms with Crippen LogP contribution in [0, 0.1) is 6.92 Å². The van der Waals surface area contributed by atoms with Crippen molar-refractivity contribution in [1.29, 1.82) is 0 Å². The molecule has 0 spiro atoms. The Morgan fingerprint density at radius 2 is 1.88 bits per heavy atom. The van der Waals surface area contributed by atoms with E-state index in [4.69, 9.17) is 13.6 Å². The molecular weight excluding hydrogens is 514 g/mol. The van der Waals surface area contributed by atoms with Gasteiger partial charge in [-0.3, -0.25) is 14.4 Å². The number of anilines is 4. The first kappa shape index (κ1) is 23.2. The molecule has 3 N–H and O–H groups in total. The van der Waals surface area contributed by atoms with E-state index < -0.39 is 12.9 Å². The highest BCUT2D eigenvalue weighted by atomic mass is 16.5. The molecule has 0 saturated carbocycles. The lowest BCUT2D eigenvalue weighted by Gasteiger charge is -2.26. The molecule has 1 amide bonds. The van der Waals surface area contributed by atoms with Gasteiger partial charge in [-0.05, 0) is 31.2 Å². The highest BCUT2D eigenvalue weighted by molar-refractivity contribution is 5.99. The van der Waals surface area contributed by atoms with Crippen LogP contribution in [0.3, 0.4) is 0 Å². The van der Waals surface area contributed by atoms with Crippen LogP contribution in [-0.2, 0) is 11.3 Å². The van der Waals surface area contributed by atoms with Crippen LogP contribution in [-0.4, -0.2) is 93.1 Å². The van der Waals surface area contributed by atoms with E-state index in [2.05, 4.69) is 46.2 Å². The van der Waals surface area contributed by atoms with Gasteiger partial charge >= 0.3 is 0 Å². The van der Waals surface area contributed by atoms with Gasteiger partial charge in [0, 0.05) is 42.4 Å². The molecule has 0 aliphatic carbocycles. The van der Waals surface area contributed by atoms with Crippen LogP contribution >= 0.6 is 0 Å². The van der Waals surface area contributed by atoms with E-state index in [1.54, 1.807) is 28.9 Å². The van der Waals surface area contributed by atoms with E-state index >= 15 is 0 Å². The van der Waals surface area contributed by atoms with Gasteiger partial charge in [0.25, 0.3) is 5.91 Å². The number of hydrogen-bond acceptors (Lipinski definition) is 12. The predicted octanol–water partition coefficient (Wildman–Crippen LogP) is 2.02. The summed E-state index contributed by atoms with van der Waals surface area (Å²) in [6, 6.07) is 10.4. The molecular formula is C26H31N11O3. The number of rotatable bonds is 10. The van der Waals surface area contributed by atoms with Crippen LogP contribution in [0.4, 0.5) is 23.0 Å². The molecule has 1 aromatic carbocycles. The van der Waals surface area contributed by atoms with Gasteiger partial charge in [-0.25, -0.2) is 0 Å². The number of benzene rings is 1. The molecule has 4 aromatic rings. The topological polar surface area (TPSA) is 157 Å². The third-order valence-electron chi connectivity index (χ3n) is 6.23. The number of morpholine rings is 1. The van der Waals surface area contributed by atoms with Crippen molar-refractivity contribution < 1.29 is 18.4 Å². The van der Waals surface area contributed by atoms with Crippen LogP contribution < -0.4 is 20.7 Å². The normalized spacial score (nSPS) is 15.0. The monoisotopic (exact) mass is 548 g/mol. The van der Waals surface area contributed by atoms with Gasteiger partial charge in [-0.1, -0.05) is 11.3 Å². The Bertz CT molecular complexity index is 1560. The molecule has 1 aliphatic heterocycles. The number of amides is 1. The number of aryl methyl sites for hydroxylation is 1. The van der Waals surface area contributed by atoms with E-state index in [1.165, 1.54) is 13.2 Å². The molecule has 40 heavy (non-hydrogen) atoms. The number of methoxy groups -OCH3 is 1. The fraction of sp³-hybridized carbons (Fsp3) is 0.346. The molecule has 208 valence electrons. The second-order valence-corrected chi connectivity index (χ2v) is 8.96. The molecule has 4 heterocycles. The van der Waals surface area contributed by atoms with Crippen molar-refractivity contribution in [2.24, 2.45) is 0 Å². The van der Waals surface area contributed by atoms with Gasteiger partial charge < -0.3 is 25.4 Å². The molecule has 14 heteroatoms. The zero-order valence-corrected chi connectivity index (χ0v) is 22.1. The minimum absolute atomic E-state index is 0.170. The first-order chi connectivity index (χ1) is 20.7. The van der Waals surface area contributed by atoms with E-state index in [-0.39, 0.29) is 17.2 Å². The summed E-state index contributed by atoms with van der Waals surface area (Å²) in [5, 5.41) is 32.8. The van der Waals surface area contributed by atoms with Crippen molar-refractivity contribution in [2.45, 2.75) is 13.5 Å². The summed E-state index contributed by atoms with van der Waals surface area (Å²) in [6.45, 7) is 3.79.